The molecule has 0 atom stereocenters. The van der Waals surface area contributed by atoms with E-state index in [2.05, 4.69) is 9.97 Å². The van der Waals surface area contributed by atoms with Gasteiger partial charge < -0.3 is 4.74 Å². The van der Waals surface area contributed by atoms with E-state index in [0.29, 0.717) is 23.7 Å². The van der Waals surface area contributed by atoms with Crippen molar-refractivity contribution >= 4 is 22.7 Å². The standard InChI is InChI=1S/C17H17N3O2S/c1-22-11-10-20-16(21)14-4-2-3-5-15(14)19-17(20)23-12-13-6-8-18-9-7-13/h2-9H,10-12H2,1H3. The molecule has 0 aliphatic rings. The van der Waals surface area contributed by atoms with E-state index in [1.54, 1.807) is 35.8 Å². The number of fused-ring (bicyclic) bond motifs is 1. The summed E-state index contributed by atoms with van der Waals surface area (Å²) in [6.07, 6.45) is 3.53. The van der Waals surface area contributed by atoms with Gasteiger partial charge in [-0.1, -0.05) is 23.9 Å². The Balaban J connectivity index is 1.97. The maximum atomic E-state index is 12.7. The van der Waals surface area contributed by atoms with Crippen LogP contribution in [0.2, 0.25) is 0 Å². The number of methoxy groups -OCH3 is 1. The van der Waals surface area contributed by atoms with Crippen molar-refractivity contribution in [2.24, 2.45) is 0 Å². The number of thioether (sulfide) groups is 1. The zero-order chi connectivity index (χ0) is 16.1. The van der Waals surface area contributed by atoms with Gasteiger partial charge in [-0.15, -0.1) is 0 Å². The van der Waals surface area contributed by atoms with E-state index in [1.807, 2.05) is 36.4 Å². The summed E-state index contributed by atoms with van der Waals surface area (Å²) < 4.78 is 6.82. The minimum absolute atomic E-state index is 0.0233. The molecule has 2 heterocycles. The van der Waals surface area contributed by atoms with E-state index in [0.717, 1.165) is 16.8 Å². The average Bonchev–Trinajstić information content (AvgIpc) is 2.60. The Labute approximate surface area is 138 Å². The predicted molar refractivity (Wildman–Crippen MR) is 91.7 cm³/mol. The number of ether oxygens (including phenoxy) is 1. The number of benzene rings is 1. The van der Waals surface area contributed by atoms with Gasteiger partial charge in [0.1, 0.15) is 0 Å². The second kappa shape index (κ2) is 7.39. The number of aromatic nitrogens is 3. The lowest BCUT2D eigenvalue weighted by molar-refractivity contribution is 0.183. The molecule has 3 rings (SSSR count). The van der Waals surface area contributed by atoms with Crippen molar-refractivity contribution < 1.29 is 4.74 Å². The SMILES string of the molecule is COCCn1c(SCc2ccncc2)nc2ccccc2c1=O. The van der Waals surface area contributed by atoms with Gasteiger partial charge in [0.15, 0.2) is 5.16 Å². The summed E-state index contributed by atoms with van der Waals surface area (Å²) in [5, 5.41) is 1.35. The van der Waals surface area contributed by atoms with Crippen molar-refractivity contribution in [3.05, 3.63) is 64.7 Å². The molecule has 0 saturated carbocycles. The van der Waals surface area contributed by atoms with E-state index >= 15 is 0 Å². The number of para-hydroxylation sites is 1. The molecule has 0 unspecified atom stereocenters. The van der Waals surface area contributed by atoms with Crippen LogP contribution < -0.4 is 5.56 Å². The molecule has 0 spiro atoms. The number of rotatable bonds is 6. The molecule has 0 saturated heterocycles. The first-order valence-corrected chi connectivity index (χ1v) is 8.28. The molecule has 6 heteroatoms. The van der Waals surface area contributed by atoms with Gasteiger partial charge >= 0.3 is 0 Å². The van der Waals surface area contributed by atoms with Crippen molar-refractivity contribution in [2.45, 2.75) is 17.5 Å². The fraction of sp³-hybridized carbons (Fsp3) is 0.235. The van der Waals surface area contributed by atoms with Crippen molar-refractivity contribution in [3.8, 4) is 0 Å². The van der Waals surface area contributed by atoms with Crippen LogP contribution in [0.15, 0.2) is 58.7 Å². The van der Waals surface area contributed by atoms with Gasteiger partial charge in [0.05, 0.1) is 24.1 Å². The van der Waals surface area contributed by atoms with Crippen LogP contribution in [0.4, 0.5) is 0 Å². The molecule has 5 nitrogen and oxygen atoms in total. The quantitative estimate of drug-likeness (QED) is 0.515. The van der Waals surface area contributed by atoms with Crippen LogP contribution in [-0.2, 0) is 17.0 Å². The molecule has 0 amide bonds. The van der Waals surface area contributed by atoms with Crippen LogP contribution in [0.5, 0.6) is 0 Å². The molecule has 23 heavy (non-hydrogen) atoms. The first kappa shape index (κ1) is 15.7. The highest BCUT2D eigenvalue weighted by Crippen LogP contribution is 2.21. The van der Waals surface area contributed by atoms with E-state index in [1.165, 1.54) is 0 Å². The largest absolute Gasteiger partial charge is 0.383 e. The fourth-order valence-electron chi connectivity index (χ4n) is 2.26. The normalized spacial score (nSPS) is 11.0. The molecule has 1 aromatic carbocycles. The number of nitrogens with zero attached hydrogens (tertiary/aromatic N) is 3. The van der Waals surface area contributed by atoms with Crippen LogP contribution in [-0.4, -0.2) is 28.3 Å². The van der Waals surface area contributed by atoms with Crippen molar-refractivity contribution in [1.29, 1.82) is 0 Å². The lowest BCUT2D eigenvalue weighted by Gasteiger charge is -2.12. The van der Waals surface area contributed by atoms with Crippen LogP contribution in [0, 0.1) is 0 Å². The molecule has 118 valence electrons. The van der Waals surface area contributed by atoms with E-state index in [4.69, 9.17) is 4.74 Å². The second-order valence-corrected chi connectivity index (χ2v) is 5.95. The molecule has 2 aromatic heterocycles. The fourth-order valence-corrected chi connectivity index (χ4v) is 3.25. The Morgan fingerprint density at radius 1 is 1.17 bits per heavy atom. The van der Waals surface area contributed by atoms with Gasteiger partial charge in [0.25, 0.3) is 5.56 Å². The highest BCUT2D eigenvalue weighted by Gasteiger charge is 2.11. The van der Waals surface area contributed by atoms with Gasteiger partial charge in [-0.25, -0.2) is 4.98 Å². The number of pyridine rings is 1. The van der Waals surface area contributed by atoms with Crippen LogP contribution in [0.25, 0.3) is 10.9 Å². The summed E-state index contributed by atoms with van der Waals surface area (Å²) in [5.74, 6) is 0.736. The van der Waals surface area contributed by atoms with Gasteiger partial charge in [-0.05, 0) is 29.8 Å². The third-order valence-corrected chi connectivity index (χ3v) is 4.51. The molecule has 0 bridgehead atoms. The van der Waals surface area contributed by atoms with E-state index in [9.17, 15) is 4.79 Å². The highest BCUT2D eigenvalue weighted by atomic mass is 32.2. The monoisotopic (exact) mass is 327 g/mol. The molecule has 3 aromatic rings. The summed E-state index contributed by atoms with van der Waals surface area (Å²) in [4.78, 5) is 21.4. The number of hydrogen-bond donors (Lipinski definition) is 0. The summed E-state index contributed by atoms with van der Waals surface area (Å²) >= 11 is 1.55. The van der Waals surface area contributed by atoms with Crippen molar-refractivity contribution in [2.75, 3.05) is 13.7 Å². The molecule has 0 aliphatic carbocycles. The average molecular weight is 327 g/mol. The van der Waals surface area contributed by atoms with Crippen molar-refractivity contribution in [1.82, 2.24) is 14.5 Å². The maximum Gasteiger partial charge on any atom is 0.262 e. The Kier molecular flexibility index (Phi) is 5.05. The van der Waals surface area contributed by atoms with Crippen LogP contribution in [0.3, 0.4) is 0 Å². The Bertz CT molecular complexity index is 849. The second-order valence-electron chi connectivity index (χ2n) is 5.01. The van der Waals surface area contributed by atoms with Gasteiger partial charge in [0, 0.05) is 25.3 Å². The van der Waals surface area contributed by atoms with Crippen molar-refractivity contribution in [3.63, 3.8) is 0 Å². The molecule has 0 radical (unpaired) electrons. The minimum Gasteiger partial charge on any atom is -0.383 e. The molecule has 0 fully saturated rings. The zero-order valence-corrected chi connectivity index (χ0v) is 13.6. The smallest absolute Gasteiger partial charge is 0.262 e. The van der Waals surface area contributed by atoms with Gasteiger partial charge in [-0.2, -0.15) is 0 Å². The molecule has 0 N–H and O–H groups in total. The third kappa shape index (κ3) is 3.60. The summed E-state index contributed by atoms with van der Waals surface area (Å²) in [6.45, 7) is 0.967. The minimum atomic E-state index is -0.0233. The van der Waals surface area contributed by atoms with E-state index < -0.39 is 0 Å². The topological polar surface area (TPSA) is 57.0 Å². The zero-order valence-electron chi connectivity index (χ0n) is 12.8. The first-order chi connectivity index (χ1) is 11.3. The van der Waals surface area contributed by atoms with Gasteiger partial charge in [-0.3, -0.25) is 14.3 Å². The lowest BCUT2D eigenvalue weighted by atomic mass is 10.2. The summed E-state index contributed by atoms with van der Waals surface area (Å²) in [7, 11) is 1.63. The van der Waals surface area contributed by atoms with Gasteiger partial charge in [0.2, 0.25) is 0 Å². The lowest BCUT2D eigenvalue weighted by Crippen LogP contribution is -2.25. The molecular formula is C17H17N3O2S. The first-order valence-electron chi connectivity index (χ1n) is 7.30. The number of hydrogen-bond acceptors (Lipinski definition) is 5. The Morgan fingerprint density at radius 3 is 2.74 bits per heavy atom. The van der Waals surface area contributed by atoms with Crippen LogP contribution >= 0.6 is 11.8 Å². The molecular weight excluding hydrogens is 310 g/mol. The maximum absolute atomic E-state index is 12.7. The van der Waals surface area contributed by atoms with Crippen LogP contribution in [0.1, 0.15) is 5.56 Å². The van der Waals surface area contributed by atoms with E-state index in [-0.39, 0.29) is 5.56 Å². The summed E-state index contributed by atoms with van der Waals surface area (Å²) in [5.41, 5.74) is 1.85. The highest BCUT2D eigenvalue weighted by molar-refractivity contribution is 7.98. The Morgan fingerprint density at radius 2 is 1.96 bits per heavy atom. The Hall–Kier alpha value is -2.18. The predicted octanol–water partition coefficient (Wildman–Crippen LogP) is 2.73. The third-order valence-electron chi connectivity index (χ3n) is 3.46. The molecule has 0 aliphatic heterocycles. The summed E-state index contributed by atoms with van der Waals surface area (Å²) in [6, 6.07) is 11.4.